The standard InChI is InChI=1S/C15H21N3O2.ClH/c1-10-4-5-11(15(20)18(2)3)8-13(10)17-14(19)12-6-7-16-9-12;/h4-5,8,12,16H,6-7,9H2,1-3H3,(H,17,19);1H. The zero-order valence-electron chi connectivity index (χ0n) is 12.6. The summed E-state index contributed by atoms with van der Waals surface area (Å²) in [5.74, 6) is -0.0295. The van der Waals surface area contributed by atoms with Gasteiger partial charge in [-0.05, 0) is 37.6 Å². The first-order valence-corrected chi connectivity index (χ1v) is 6.83. The second-order valence-corrected chi connectivity index (χ2v) is 5.41. The summed E-state index contributed by atoms with van der Waals surface area (Å²) in [5.41, 5.74) is 2.26. The minimum absolute atomic E-state index is 0. The van der Waals surface area contributed by atoms with E-state index in [0.717, 1.165) is 30.8 Å². The highest BCUT2D eigenvalue weighted by molar-refractivity contribution is 5.98. The fraction of sp³-hybridized carbons (Fsp3) is 0.467. The van der Waals surface area contributed by atoms with Crippen LogP contribution in [0.4, 0.5) is 5.69 Å². The zero-order chi connectivity index (χ0) is 14.7. The van der Waals surface area contributed by atoms with Gasteiger partial charge in [0.2, 0.25) is 5.91 Å². The van der Waals surface area contributed by atoms with Crippen LogP contribution in [-0.4, -0.2) is 43.9 Å². The topological polar surface area (TPSA) is 61.4 Å². The molecule has 0 bridgehead atoms. The number of halogens is 1. The van der Waals surface area contributed by atoms with Crippen molar-refractivity contribution in [3.8, 4) is 0 Å². The molecular weight excluding hydrogens is 290 g/mol. The van der Waals surface area contributed by atoms with Gasteiger partial charge in [-0.3, -0.25) is 9.59 Å². The van der Waals surface area contributed by atoms with Gasteiger partial charge in [0.15, 0.2) is 0 Å². The normalized spacial score (nSPS) is 17.0. The summed E-state index contributed by atoms with van der Waals surface area (Å²) in [6, 6.07) is 5.39. The van der Waals surface area contributed by atoms with E-state index >= 15 is 0 Å². The number of nitrogens with one attached hydrogen (secondary N) is 2. The second kappa shape index (κ2) is 7.43. The summed E-state index contributed by atoms with van der Waals surface area (Å²) in [5, 5.41) is 6.11. The number of carbonyl (C=O) groups excluding carboxylic acids is 2. The smallest absolute Gasteiger partial charge is 0.253 e. The number of hydrogen-bond donors (Lipinski definition) is 2. The third-order valence-corrected chi connectivity index (χ3v) is 3.58. The highest BCUT2D eigenvalue weighted by Crippen LogP contribution is 2.20. The van der Waals surface area contributed by atoms with Crippen molar-refractivity contribution in [1.82, 2.24) is 10.2 Å². The molecule has 1 saturated heterocycles. The maximum atomic E-state index is 12.1. The fourth-order valence-corrected chi connectivity index (χ4v) is 2.26. The largest absolute Gasteiger partial charge is 0.345 e. The summed E-state index contributed by atoms with van der Waals surface area (Å²) >= 11 is 0. The Balaban J connectivity index is 0.00000220. The molecule has 1 aliphatic heterocycles. The van der Waals surface area contributed by atoms with Gasteiger partial charge < -0.3 is 15.5 Å². The van der Waals surface area contributed by atoms with Gasteiger partial charge in [0.25, 0.3) is 5.91 Å². The lowest BCUT2D eigenvalue weighted by molar-refractivity contribution is -0.119. The molecule has 1 fully saturated rings. The molecule has 5 nitrogen and oxygen atoms in total. The van der Waals surface area contributed by atoms with Crippen LogP contribution in [0.25, 0.3) is 0 Å². The monoisotopic (exact) mass is 311 g/mol. The van der Waals surface area contributed by atoms with E-state index in [9.17, 15) is 9.59 Å². The summed E-state index contributed by atoms with van der Waals surface area (Å²) < 4.78 is 0. The van der Waals surface area contributed by atoms with Crippen LogP contribution in [0.5, 0.6) is 0 Å². The van der Waals surface area contributed by atoms with Gasteiger partial charge in [-0.1, -0.05) is 6.07 Å². The lowest BCUT2D eigenvalue weighted by atomic mass is 10.1. The molecule has 21 heavy (non-hydrogen) atoms. The number of rotatable bonds is 3. The average molecular weight is 312 g/mol. The van der Waals surface area contributed by atoms with Crippen molar-refractivity contribution in [3.05, 3.63) is 29.3 Å². The number of amides is 2. The number of nitrogens with zero attached hydrogens (tertiary/aromatic N) is 1. The Morgan fingerprint density at radius 3 is 2.62 bits per heavy atom. The molecule has 6 heteroatoms. The van der Waals surface area contributed by atoms with Crippen LogP contribution < -0.4 is 10.6 Å². The lowest BCUT2D eigenvalue weighted by Crippen LogP contribution is -2.25. The van der Waals surface area contributed by atoms with Crippen molar-refractivity contribution in [2.45, 2.75) is 13.3 Å². The van der Waals surface area contributed by atoms with E-state index in [1.165, 1.54) is 4.90 Å². The number of aryl methyl sites for hydroxylation is 1. The van der Waals surface area contributed by atoms with Crippen LogP contribution in [0, 0.1) is 12.8 Å². The van der Waals surface area contributed by atoms with E-state index in [2.05, 4.69) is 10.6 Å². The molecule has 0 saturated carbocycles. The molecule has 116 valence electrons. The van der Waals surface area contributed by atoms with E-state index in [4.69, 9.17) is 0 Å². The predicted octanol–water partition coefficient (Wildman–Crippen LogP) is 1.67. The van der Waals surface area contributed by atoms with Crippen molar-refractivity contribution in [2.24, 2.45) is 5.92 Å². The van der Waals surface area contributed by atoms with Gasteiger partial charge in [0.05, 0.1) is 5.92 Å². The molecule has 2 rings (SSSR count). The van der Waals surface area contributed by atoms with E-state index in [0.29, 0.717) is 5.56 Å². The summed E-state index contributed by atoms with van der Waals surface area (Å²) in [7, 11) is 3.43. The molecule has 0 radical (unpaired) electrons. The molecule has 1 aliphatic rings. The number of benzene rings is 1. The fourth-order valence-electron chi connectivity index (χ4n) is 2.26. The van der Waals surface area contributed by atoms with Crippen LogP contribution in [0.2, 0.25) is 0 Å². The Morgan fingerprint density at radius 1 is 1.33 bits per heavy atom. The zero-order valence-corrected chi connectivity index (χ0v) is 13.4. The third-order valence-electron chi connectivity index (χ3n) is 3.58. The molecule has 1 aromatic rings. The molecule has 1 aromatic carbocycles. The first-order valence-electron chi connectivity index (χ1n) is 6.83. The summed E-state index contributed by atoms with van der Waals surface area (Å²) in [6.45, 7) is 3.53. The maximum Gasteiger partial charge on any atom is 0.253 e. The van der Waals surface area contributed by atoms with E-state index in [1.807, 2.05) is 13.0 Å². The van der Waals surface area contributed by atoms with Crippen molar-refractivity contribution in [1.29, 1.82) is 0 Å². The third kappa shape index (κ3) is 4.19. The Bertz CT molecular complexity index is 526. The van der Waals surface area contributed by atoms with Crippen LogP contribution in [0.1, 0.15) is 22.3 Å². The molecule has 0 spiro atoms. The first kappa shape index (κ1) is 17.5. The maximum absolute atomic E-state index is 12.1. The summed E-state index contributed by atoms with van der Waals surface area (Å²) in [4.78, 5) is 25.6. The van der Waals surface area contributed by atoms with Crippen LogP contribution in [-0.2, 0) is 4.79 Å². The van der Waals surface area contributed by atoms with Crippen molar-refractivity contribution < 1.29 is 9.59 Å². The minimum Gasteiger partial charge on any atom is -0.345 e. The Labute approximate surface area is 131 Å². The van der Waals surface area contributed by atoms with Gasteiger partial charge in [-0.15, -0.1) is 12.4 Å². The Morgan fingerprint density at radius 2 is 2.05 bits per heavy atom. The van der Waals surface area contributed by atoms with E-state index < -0.39 is 0 Å². The first-order chi connectivity index (χ1) is 9.49. The molecule has 1 atom stereocenters. The van der Waals surface area contributed by atoms with Crippen LogP contribution >= 0.6 is 12.4 Å². The Kier molecular flexibility index (Phi) is 6.18. The molecule has 1 unspecified atom stereocenters. The van der Waals surface area contributed by atoms with Gasteiger partial charge in [0, 0.05) is 31.9 Å². The lowest BCUT2D eigenvalue weighted by Gasteiger charge is -2.15. The van der Waals surface area contributed by atoms with Crippen molar-refractivity contribution in [3.63, 3.8) is 0 Å². The van der Waals surface area contributed by atoms with Crippen LogP contribution in [0.15, 0.2) is 18.2 Å². The average Bonchev–Trinajstić information content (AvgIpc) is 2.94. The molecular formula is C15H22ClN3O2. The van der Waals surface area contributed by atoms with Gasteiger partial charge in [-0.2, -0.15) is 0 Å². The molecule has 2 N–H and O–H groups in total. The second-order valence-electron chi connectivity index (χ2n) is 5.41. The minimum atomic E-state index is -0.0666. The molecule has 0 aliphatic carbocycles. The predicted molar refractivity (Wildman–Crippen MR) is 86.1 cm³/mol. The van der Waals surface area contributed by atoms with E-state index in [1.54, 1.807) is 26.2 Å². The van der Waals surface area contributed by atoms with Gasteiger partial charge in [-0.25, -0.2) is 0 Å². The number of carbonyl (C=O) groups is 2. The summed E-state index contributed by atoms with van der Waals surface area (Å²) in [6.07, 6.45) is 0.862. The quantitative estimate of drug-likeness (QED) is 0.892. The number of anilines is 1. The molecule has 1 heterocycles. The van der Waals surface area contributed by atoms with Crippen LogP contribution in [0.3, 0.4) is 0 Å². The highest BCUT2D eigenvalue weighted by atomic mass is 35.5. The SMILES string of the molecule is Cc1ccc(C(=O)N(C)C)cc1NC(=O)C1CCNC1.Cl. The molecule has 2 amide bonds. The molecule has 0 aromatic heterocycles. The van der Waals surface area contributed by atoms with Crippen molar-refractivity contribution >= 4 is 29.9 Å². The van der Waals surface area contributed by atoms with E-state index in [-0.39, 0.29) is 30.1 Å². The van der Waals surface area contributed by atoms with Crippen molar-refractivity contribution in [2.75, 3.05) is 32.5 Å². The Hall–Kier alpha value is -1.59. The number of hydrogen-bond acceptors (Lipinski definition) is 3. The highest BCUT2D eigenvalue weighted by Gasteiger charge is 2.23. The van der Waals surface area contributed by atoms with Gasteiger partial charge >= 0.3 is 0 Å². The van der Waals surface area contributed by atoms with Gasteiger partial charge in [0.1, 0.15) is 0 Å².